The van der Waals surface area contributed by atoms with Crippen LogP contribution in [0, 0.1) is 11.8 Å². The number of nitrogens with one attached hydrogen (secondary N) is 2. The van der Waals surface area contributed by atoms with Crippen molar-refractivity contribution in [3.05, 3.63) is 0 Å². The molecule has 0 bridgehead atoms. The Morgan fingerprint density at radius 2 is 1.92 bits per heavy atom. The third-order valence-corrected chi connectivity index (χ3v) is 7.86. The summed E-state index contributed by atoms with van der Waals surface area (Å²) in [7, 11) is 0. The lowest BCUT2D eigenvalue weighted by Gasteiger charge is -2.40. The first-order valence-electron chi connectivity index (χ1n) is 9.15. The summed E-state index contributed by atoms with van der Waals surface area (Å²) in [4.78, 5) is 4.50. The molecule has 7 heteroatoms. The van der Waals surface area contributed by atoms with E-state index in [-0.39, 0.29) is 27.6 Å². The zero-order valence-electron chi connectivity index (χ0n) is 13.9. The minimum Gasteiger partial charge on any atom is -0.355 e. The zero-order chi connectivity index (χ0) is 17.1. The Hall–Kier alpha value is 0.430. The quantitative estimate of drug-likeness (QED) is 0.671. The zero-order valence-corrected chi connectivity index (χ0v) is 16.9. The molecule has 3 aliphatic rings. The predicted molar refractivity (Wildman–Crippen MR) is 105 cm³/mol. The van der Waals surface area contributed by atoms with E-state index in [2.05, 4.69) is 15.6 Å². The van der Waals surface area contributed by atoms with Crippen LogP contribution in [0.5, 0.6) is 0 Å². The molecule has 0 aromatic rings. The van der Waals surface area contributed by atoms with Crippen LogP contribution in [0.25, 0.3) is 0 Å². The average molecular weight is 415 g/mol. The summed E-state index contributed by atoms with van der Waals surface area (Å²) in [6.45, 7) is 1.73. The fourth-order valence-corrected chi connectivity index (χ4v) is 5.91. The van der Waals surface area contributed by atoms with Gasteiger partial charge in [-0.2, -0.15) is 0 Å². The molecular formula is C17H27Cl4N3. The van der Waals surface area contributed by atoms with E-state index in [4.69, 9.17) is 46.4 Å². The molecule has 0 aromatic heterocycles. The molecule has 7 atom stereocenters. The van der Waals surface area contributed by atoms with E-state index in [1.165, 1.54) is 0 Å². The fraction of sp³-hybridized carbons (Fsp3) is 0.941. The van der Waals surface area contributed by atoms with Crippen molar-refractivity contribution in [2.45, 2.75) is 72.5 Å². The highest BCUT2D eigenvalue weighted by molar-refractivity contribution is 6.30. The van der Waals surface area contributed by atoms with Gasteiger partial charge in [0.15, 0.2) is 5.96 Å². The molecule has 0 aromatic carbocycles. The van der Waals surface area contributed by atoms with Crippen LogP contribution in [0.1, 0.15) is 44.9 Å². The molecule has 2 saturated carbocycles. The number of aliphatic imine (C=N–C) groups is 1. The Morgan fingerprint density at radius 3 is 2.62 bits per heavy atom. The minimum atomic E-state index is -0.00180. The van der Waals surface area contributed by atoms with Crippen LogP contribution >= 0.6 is 46.4 Å². The van der Waals surface area contributed by atoms with E-state index in [9.17, 15) is 0 Å². The van der Waals surface area contributed by atoms with E-state index < -0.39 is 0 Å². The van der Waals surface area contributed by atoms with Crippen LogP contribution in [0.2, 0.25) is 0 Å². The summed E-state index contributed by atoms with van der Waals surface area (Å²) in [6, 6.07) is 0.261. The van der Waals surface area contributed by atoms with Gasteiger partial charge in [-0.3, -0.25) is 4.99 Å². The molecule has 0 saturated heterocycles. The smallest absolute Gasteiger partial charge is 0.191 e. The third-order valence-electron chi connectivity index (χ3n) is 5.68. The number of guanidine groups is 1. The van der Waals surface area contributed by atoms with Gasteiger partial charge in [0, 0.05) is 23.3 Å². The van der Waals surface area contributed by atoms with Crippen molar-refractivity contribution in [1.82, 2.24) is 10.6 Å². The largest absolute Gasteiger partial charge is 0.355 e. The summed E-state index contributed by atoms with van der Waals surface area (Å²) in [5.74, 6) is 1.73. The van der Waals surface area contributed by atoms with Crippen LogP contribution in [-0.4, -0.2) is 46.6 Å². The molecule has 3 rings (SSSR count). The molecule has 2 fully saturated rings. The van der Waals surface area contributed by atoms with E-state index in [0.717, 1.165) is 64.0 Å². The summed E-state index contributed by atoms with van der Waals surface area (Å²) in [5, 5.41) is 7.36. The summed E-state index contributed by atoms with van der Waals surface area (Å²) in [6.07, 6.45) is 7.30. The SMILES string of the molecule is ClC1CCC(CC(NC2=NCCN2)C2CCCC(Cl)C2Cl)C(Cl)C1. The van der Waals surface area contributed by atoms with Crippen molar-refractivity contribution in [1.29, 1.82) is 0 Å². The molecule has 1 aliphatic heterocycles. The second kappa shape index (κ2) is 8.88. The number of rotatable bonds is 4. The molecule has 7 unspecified atom stereocenters. The van der Waals surface area contributed by atoms with Crippen LogP contribution in [0.3, 0.4) is 0 Å². The van der Waals surface area contributed by atoms with Crippen LogP contribution < -0.4 is 10.6 Å². The highest BCUT2D eigenvalue weighted by atomic mass is 35.5. The summed E-state index contributed by atoms with van der Waals surface area (Å²) < 4.78 is 0. The molecule has 24 heavy (non-hydrogen) atoms. The molecule has 2 aliphatic carbocycles. The first kappa shape index (κ1) is 19.2. The van der Waals surface area contributed by atoms with Gasteiger partial charge >= 0.3 is 0 Å². The van der Waals surface area contributed by atoms with Gasteiger partial charge in [-0.25, -0.2) is 0 Å². The Morgan fingerprint density at radius 1 is 1.08 bits per heavy atom. The second-order valence-corrected chi connectivity index (χ2v) is 9.63. The number of halogens is 4. The molecule has 0 radical (unpaired) electrons. The van der Waals surface area contributed by atoms with Crippen molar-refractivity contribution < 1.29 is 0 Å². The molecule has 1 heterocycles. The van der Waals surface area contributed by atoms with E-state index in [1.54, 1.807) is 0 Å². The van der Waals surface area contributed by atoms with Gasteiger partial charge in [0.1, 0.15) is 0 Å². The van der Waals surface area contributed by atoms with Crippen molar-refractivity contribution in [3.8, 4) is 0 Å². The molecule has 0 spiro atoms. The van der Waals surface area contributed by atoms with Gasteiger partial charge in [0.05, 0.1) is 17.3 Å². The maximum atomic E-state index is 6.70. The van der Waals surface area contributed by atoms with Crippen LogP contribution in [-0.2, 0) is 0 Å². The highest BCUT2D eigenvalue weighted by Gasteiger charge is 2.39. The Balaban J connectivity index is 1.69. The Bertz CT molecular complexity index is 448. The highest BCUT2D eigenvalue weighted by Crippen LogP contribution is 2.40. The van der Waals surface area contributed by atoms with E-state index in [0.29, 0.717) is 11.8 Å². The fourth-order valence-electron chi connectivity index (χ4n) is 4.29. The maximum Gasteiger partial charge on any atom is 0.191 e. The summed E-state index contributed by atoms with van der Waals surface area (Å²) in [5.41, 5.74) is 0. The second-order valence-electron chi connectivity index (χ2n) is 7.39. The van der Waals surface area contributed by atoms with Crippen LogP contribution in [0.4, 0.5) is 0 Å². The average Bonchev–Trinajstić information content (AvgIpc) is 3.05. The standard InChI is InChI=1S/C17H27Cl4N3/c18-11-5-4-10(14(20)9-11)8-15(24-17-22-6-7-23-17)12-2-1-3-13(19)16(12)21/h10-16H,1-9H2,(H2,22,23,24). The number of hydrogen-bond donors (Lipinski definition) is 2. The topological polar surface area (TPSA) is 36.4 Å². The Kier molecular flexibility index (Phi) is 7.11. The third kappa shape index (κ3) is 4.78. The van der Waals surface area contributed by atoms with Gasteiger partial charge in [-0.1, -0.05) is 6.42 Å². The first-order chi connectivity index (χ1) is 11.5. The van der Waals surface area contributed by atoms with Crippen molar-refractivity contribution in [2.75, 3.05) is 13.1 Å². The van der Waals surface area contributed by atoms with E-state index in [1.807, 2.05) is 0 Å². The van der Waals surface area contributed by atoms with Crippen LogP contribution in [0.15, 0.2) is 4.99 Å². The first-order valence-corrected chi connectivity index (χ1v) is 10.9. The number of nitrogens with zero attached hydrogens (tertiary/aromatic N) is 1. The minimum absolute atomic E-state index is 0.00180. The van der Waals surface area contributed by atoms with Crippen molar-refractivity contribution in [2.24, 2.45) is 16.8 Å². The predicted octanol–water partition coefficient (Wildman–Crippen LogP) is 4.32. The molecule has 138 valence electrons. The monoisotopic (exact) mass is 413 g/mol. The summed E-state index contributed by atoms with van der Waals surface area (Å²) >= 11 is 26.1. The lowest BCUT2D eigenvalue weighted by Crippen LogP contribution is -2.51. The van der Waals surface area contributed by atoms with Crippen molar-refractivity contribution >= 4 is 52.4 Å². The van der Waals surface area contributed by atoms with Gasteiger partial charge in [-0.05, 0) is 50.4 Å². The lowest BCUT2D eigenvalue weighted by molar-refractivity contribution is 0.236. The number of hydrogen-bond acceptors (Lipinski definition) is 3. The van der Waals surface area contributed by atoms with Gasteiger partial charge < -0.3 is 10.6 Å². The van der Waals surface area contributed by atoms with E-state index >= 15 is 0 Å². The molecule has 0 amide bonds. The lowest BCUT2D eigenvalue weighted by atomic mass is 9.76. The molecule has 3 nitrogen and oxygen atoms in total. The maximum absolute atomic E-state index is 6.70. The Labute approximate surface area is 165 Å². The van der Waals surface area contributed by atoms with Gasteiger partial charge in [-0.15, -0.1) is 46.4 Å². The normalized spacial score (nSPS) is 41.4. The van der Waals surface area contributed by atoms with Crippen molar-refractivity contribution in [3.63, 3.8) is 0 Å². The number of alkyl halides is 4. The van der Waals surface area contributed by atoms with Gasteiger partial charge in [0.2, 0.25) is 0 Å². The van der Waals surface area contributed by atoms with Gasteiger partial charge in [0.25, 0.3) is 0 Å². The molecular weight excluding hydrogens is 388 g/mol. The molecule has 2 N–H and O–H groups in total.